The van der Waals surface area contributed by atoms with Gasteiger partial charge in [-0.25, -0.2) is 9.18 Å². The van der Waals surface area contributed by atoms with E-state index >= 15 is 0 Å². The number of carbonyl (C=O) groups excluding carboxylic acids is 2. The van der Waals surface area contributed by atoms with Gasteiger partial charge in [-0.3, -0.25) is 4.79 Å². The number of thiophene rings is 1. The van der Waals surface area contributed by atoms with Crippen LogP contribution in [0.3, 0.4) is 0 Å². The van der Waals surface area contributed by atoms with Crippen molar-refractivity contribution in [3.05, 3.63) is 46.1 Å². The third-order valence-electron chi connectivity index (χ3n) is 5.03. The van der Waals surface area contributed by atoms with Crippen molar-refractivity contribution in [1.29, 1.82) is 0 Å². The van der Waals surface area contributed by atoms with Crippen molar-refractivity contribution < 1.29 is 18.7 Å². The minimum absolute atomic E-state index is 0.116. The number of rotatable bonds is 7. The second-order valence-corrected chi connectivity index (χ2v) is 8.99. The number of hydrogen-bond donors (Lipinski definition) is 1. The fourth-order valence-corrected chi connectivity index (χ4v) is 5.69. The maximum Gasteiger partial charge on any atom is 0.341 e. The first-order chi connectivity index (χ1) is 15.0. The normalized spacial score (nSPS) is 12.6. The molecule has 7 nitrogen and oxygen atoms in total. The number of aryl methyl sites for hydroxylation is 1. The minimum Gasteiger partial charge on any atom is -0.465 e. The molecule has 0 fully saturated rings. The van der Waals surface area contributed by atoms with Crippen LogP contribution in [0, 0.1) is 5.82 Å². The van der Waals surface area contributed by atoms with Crippen molar-refractivity contribution in [1.82, 2.24) is 14.8 Å². The summed E-state index contributed by atoms with van der Waals surface area (Å²) in [5, 5.41) is 12.4. The summed E-state index contributed by atoms with van der Waals surface area (Å²) in [6, 6.07) is 6.05. The lowest BCUT2D eigenvalue weighted by molar-refractivity contribution is -0.113. The number of carbonyl (C=O) groups is 2. The van der Waals surface area contributed by atoms with Gasteiger partial charge in [0.2, 0.25) is 5.91 Å². The van der Waals surface area contributed by atoms with Gasteiger partial charge in [-0.05, 0) is 56.0 Å². The number of methoxy groups -OCH3 is 1. The van der Waals surface area contributed by atoms with E-state index in [4.69, 9.17) is 4.74 Å². The molecule has 1 aliphatic rings. The van der Waals surface area contributed by atoms with Crippen LogP contribution in [0.2, 0.25) is 0 Å². The molecule has 0 atom stereocenters. The Hall–Kier alpha value is -2.72. The molecule has 10 heteroatoms. The highest BCUT2D eigenvalue weighted by molar-refractivity contribution is 7.99. The van der Waals surface area contributed by atoms with Crippen LogP contribution in [0.25, 0.3) is 11.4 Å². The molecule has 0 aliphatic heterocycles. The van der Waals surface area contributed by atoms with Gasteiger partial charge in [0, 0.05) is 17.0 Å². The summed E-state index contributed by atoms with van der Waals surface area (Å²) in [6.07, 6.45) is 2.76. The molecule has 0 bridgehead atoms. The average Bonchev–Trinajstić information content (AvgIpc) is 3.46. The van der Waals surface area contributed by atoms with Crippen LogP contribution >= 0.6 is 23.1 Å². The second-order valence-electron chi connectivity index (χ2n) is 6.95. The van der Waals surface area contributed by atoms with Gasteiger partial charge in [0.15, 0.2) is 11.0 Å². The van der Waals surface area contributed by atoms with E-state index in [1.807, 2.05) is 11.5 Å². The molecule has 0 radical (unpaired) electrons. The molecule has 1 N–H and O–H groups in total. The quantitative estimate of drug-likeness (QED) is 0.421. The average molecular weight is 461 g/mol. The smallest absolute Gasteiger partial charge is 0.341 e. The summed E-state index contributed by atoms with van der Waals surface area (Å²) >= 11 is 2.71. The molecule has 0 saturated heterocycles. The maximum absolute atomic E-state index is 13.2. The molecule has 0 saturated carbocycles. The van der Waals surface area contributed by atoms with Crippen LogP contribution < -0.4 is 5.32 Å². The molecule has 2 aromatic heterocycles. The van der Waals surface area contributed by atoms with E-state index in [2.05, 4.69) is 15.5 Å². The van der Waals surface area contributed by atoms with Gasteiger partial charge in [0.05, 0.1) is 18.4 Å². The van der Waals surface area contributed by atoms with Crippen LogP contribution in [0.15, 0.2) is 29.4 Å². The van der Waals surface area contributed by atoms with Crippen LogP contribution in [-0.4, -0.2) is 39.5 Å². The Morgan fingerprint density at radius 1 is 1.26 bits per heavy atom. The number of thioether (sulfide) groups is 1. The number of nitrogens with zero attached hydrogens (tertiary/aromatic N) is 3. The first-order valence-electron chi connectivity index (χ1n) is 9.86. The lowest BCUT2D eigenvalue weighted by atomic mass is 10.1. The van der Waals surface area contributed by atoms with Crippen molar-refractivity contribution in [3.63, 3.8) is 0 Å². The molecular weight excluding hydrogens is 439 g/mol. The van der Waals surface area contributed by atoms with Gasteiger partial charge in [-0.15, -0.1) is 21.5 Å². The van der Waals surface area contributed by atoms with Crippen LogP contribution in [0.4, 0.5) is 9.39 Å². The fraction of sp³-hybridized carbons (Fsp3) is 0.333. The Labute approximate surface area is 187 Å². The lowest BCUT2D eigenvalue weighted by Crippen LogP contribution is -2.16. The number of anilines is 1. The van der Waals surface area contributed by atoms with Gasteiger partial charge < -0.3 is 14.6 Å². The third kappa shape index (κ3) is 4.35. The summed E-state index contributed by atoms with van der Waals surface area (Å²) < 4.78 is 20.0. The van der Waals surface area contributed by atoms with Gasteiger partial charge >= 0.3 is 5.97 Å². The van der Waals surface area contributed by atoms with Gasteiger partial charge in [-0.1, -0.05) is 11.8 Å². The number of benzene rings is 1. The molecule has 1 aliphatic carbocycles. The molecule has 0 unspecified atom stereocenters. The maximum atomic E-state index is 13.2. The first kappa shape index (κ1) is 21.5. The Morgan fingerprint density at radius 2 is 2.03 bits per heavy atom. The SMILES string of the molecule is CCn1c(SCC(=O)Nc2sc3c(c2C(=O)OC)CCC3)nnc1-c1ccc(F)cc1. The van der Waals surface area contributed by atoms with E-state index in [1.165, 1.54) is 42.3 Å². The fourth-order valence-electron chi connectivity index (χ4n) is 3.60. The van der Waals surface area contributed by atoms with Gasteiger partial charge in [-0.2, -0.15) is 0 Å². The van der Waals surface area contributed by atoms with Gasteiger partial charge in [0.25, 0.3) is 0 Å². The number of nitrogens with one attached hydrogen (secondary N) is 1. The predicted octanol–water partition coefficient (Wildman–Crippen LogP) is 4.17. The molecular formula is C21H21FN4O3S2. The number of fused-ring (bicyclic) bond motifs is 1. The number of hydrogen-bond acceptors (Lipinski definition) is 7. The van der Waals surface area contributed by atoms with Crippen LogP contribution in [0.1, 0.15) is 34.1 Å². The van der Waals surface area contributed by atoms with E-state index in [-0.39, 0.29) is 17.5 Å². The summed E-state index contributed by atoms with van der Waals surface area (Å²) in [7, 11) is 1.35. The van der Waals surface area contributed by atoms with E-state index < -0.39 is 5.97 Å². The summed E-state index contributed by atoms with van der Waals surface area (Å²) in [5.41, 5.74) is 2.23. The van der Waals surface area contributed by atoms with Crippen molar-refractivity contribution in [2.45, 2.75) is 37.9 Å². The second kappa shape index (κ2) is 9.19. The topological polar surface area (TPSA) is 86.1 Å². The molecule has 4 rings (SSSR count). The Balaban J connectivity index is 1.47. The number of esters is 1. The van der Waals surface area contributed by atoms with Crippen molar-refractivity contribution in [2.24, 2.45) is 0 Å². The molecule has 1 aromatic carbocycles. The zero-order valence-corrected chi connectivity index (χ0v) is 18.7. The molecule has 3 aromatic rings. The van der Waals surface area contributed by atoms with E-state index in [1.54, 1.807) is 12.1 Å². The van der Waals surface area contributed by atoms with Crippen molar-refractivity contribution in [2.75, 3.05) is 18.2 Å². The van der Waals surface area contributed by atoms with Crippen LogP contribution in [0.5, 0.6) is 0 Å². The number of ether oxygens (including phenoxy) is 1. The minimum atomic E-state index is -0.419. The summed E-state index contributed by atoms with van der Waals surface area (Å²) in [6.45, 7) is 2.56. The molecule has 1 amide bonds. The molecule has 2 heterocycles. The van der Waals surface area contributed by atoms with E-state index in [9.17, 15) is 14.0 Å². The van der Waals surface area contributed by atoms with E-state index in [0.717, 1.165) is 35.3 Å². The number of amides is 1. The highest BCUT2D eigenvalue weighted by Gasteiger charge is 2.28. The third-order valence-corrected chi connectivity index (χ3v) is 7.21. The highest BCUT2D eigenvalue weighted by Crippen LogP contribution is 2.39. The first-order valence-corrected chi connectivity index (χ1v) is 11.7. The molecule has 162 valence electrons. The van der Waals surface area contributed by atoms with E-state index in [0.29, 0.717) is 28.1 Å². The molecule has 0 spiro atoms. The zero-order chi connectivity index (χ0) is 22.0. The zero-order valence-electron chi connectivity index (χ0n) is 17.1. The summed E-state index contributed by atoms with van der Waals surface area (Å²) in [4.78, 5) is 26.0. The lowest BCUT2D eigenvalue weighted by Gasteiger charge is -2.08. The molecule has 31 heavy (non-hydrogen) atoms. The Kier molecular flexibility index (Phi) is 6.38. The largest absolute Gasteiger partial charge is 0.465 e. The Morgan fingerprint density at radius 3 is 2.74 bits per heavy atom. The Bertz CT molecular complexity index is 1120. The van der Waals surface area contributed by atoms with Crippen LogP contribution in [-0.2, 0) is 28.9 Å². The van der Waals surface area contributed by atoms with Gasteiger partial charge in [0.1, 0.15) is 10.8 Å². The number of aromatic nitrogens is 3. The van der Waals surface area contributed by atoms with Crippen molar-refractivity contribution >= 4 is 40.0 Å². The number of halogens is 1. The predicted molar refractivity (Wildman–Crippen MR) is 118 cm³/mol. The highest BCUT2D eigenvalue weighted by atomic mass is 32.2. The standard InChI is InChI=1S/C21H21FN4O3S2/c1-3-26-18(12-7-9-13(22)10-8-12)24-25-21(26)30-11-16(27)23-19-17(20(28)29-2)14-5-4-6-15(14)31-19/h7-10H,3-6,11H2,1-2H3,(H,23,27). The monoisotopic (exact) mass is 460 g/mol. The van der Waals surface area contributed by atoms with Crippen molar-refractivity contribution in [3.8, 4) is 11.4 Å². The summed E-state index contributed by atoms with van der Waals surface area (Å²) in [5.74, 6) is -0.234.